The lowest BCUT2D eigenvalue weighted by atomic mass is 9.95. The van der Waals surface area contributed by atoms with Crippen molar-refractivity contribution in [2.24, 2.45) is 0 Å². The van der Waals surface area contributed by atoms with Crippen molar-refractivity contribution >= 4 is 43.5 Å². The van der Waals surface area contributed by atoms with Crippen LogP contribution in [0.25, 0.3) is 0 Å². The number of aliphatic hydroxyl groups excluding tert-OH is 5. The van der Waals surface area contributed by atoms with E-state index in [-0.39, 0.29) is 38.5 Å². The van der Waals surface area contributed by atoms with Gasteiger partial charge >= 0.3 is 31.7 Å². The van der Waals surface area contributed by atoms with Gasteiger partial charge in [0.05, 0.1) is 51.1 Å². The van der Waals surface area contributed by atoms with Gasteiger partial charge in [-0.2, -0.15) is 0 Å². The second-order valence-electron chi connectivity index (χ2n) is 15.0. The summed E-state index contributed by atoms with van der Waals surface area (Å²) in [5.74, 6) is -5.14. The topological polar surface area (TPSA) is 359 Å². The van der Waals surface area contributed by atoms with E-state index in [4.69, 9.17) is 37.7 Å². The number of rotatable bonds is 26. The van der Waals surface area contributed by atoms with E-state index in [0.29, 0.717) is 0 Å². The van der Waals surface area contributed by atoms with Crippen LogP contribution < -0.4 is 10.6 Å². The number of hydrogen-bond donors (Lipinski definition) is 9. The third kappa shape index (κ3) is 18.6. The lowest BCUT2D eigenvalue weighted by molar-refractivity contribution is -0.298. The van der Waals surface area contributed by atoms with Gasteiger partial charge in [-0.3, -0.25) is 33.3 Å². The zero-order chi connectivity index (χ0) is 47.6. The summed E-state index contributed by atoms with van der Waals surface area (Å²) in [6.45, 7) is 7.58. The molecule has 24 nitrogen and oxygen atoms in total. The fraction of sp³-hybridized carbons (Fsp3) is 0.842. The zero-order valence-electron chi connectivity index (χ0n) is 36.3. The van der Waals surface area contributed by atoms with E-state index >= 15 is 0 Å². The Kier molecular flexibility index (Phi) is 24.0. The second-order valence-corrected chi connectivity index (χ2v) is 16.2. The number of phosphoric ester groups is 1. The van der Waals surface area contributed by atoms with Gasteiger partial charge in [0.25, 0.3) is 0 Å². The number of hydrogen-bond acceptors (Lipinski definition) is 20. The number of nitrogens with one attached hydrogen (secondary N) is 2. The number of ether oxygens (including phenoxy) is 7. The van der Waals surface area contributed by atoms with Crippen molar-refractivity contribution in [1.82, 2.24) is 10.6 Å². The standard InChI is InChI=1S/C38H65N2O22P/c1-7-19(42)13-25(44)39-31-35(60-29(48)14-20(43)8-2)33(50)24(58-37(31)51)18-55-38-32(40-26(45)15-21(9-3)56-27(46)11-5)36(34(23(17-41)59-38)62-63(52,53)54)61-30(49)16-22(10-4)57-28(47)12-6/h19-24,31-38,41-43,50-51H,7-18H2,1-6H3,(H,39,44)(H,40,45)(H2,52,53,54)/t19-,20-,21-,22-,23?,24?,31?,32?,33+,34+,35-,36-,37?,38-/m1/s1. The molecule has 2 saturated heterocycles. The van der Waals surface area contributed by atoms with Crippen LogP contribution in [-0.2, 0) is 71.0 Å². The van der Waals surface area contributed by atoms with Gasteiger partial charge in [-0.25, -0.2) is 4.57 Å². The Bertz CT molecular complexity index is 1530. The molecule has 0 aromatic heterocycles. The summed E-state index contributed by atoms with van der Waals surface area (Å²) in [6, 6.07) is -3.43. The van der Waals surface area contributed by atoms with E-state index in [2.05, 4.69) is 10.6 Å². The SMILES string of the molecule is CCC(=O)O[C@H](CC)CC(=O)NC1[C@H](OCC2OC(O)C(NC(=O)C[C@H](O)CC)[C@@H](OC(=O)C[C@H](O)CC)[C@H]2O)OC(CO)[C@H](OP(=O)(O)O)[C@@H]1OC(=O)C[C@@H](CC)OC(=O)CC. The van der Waals surface area contributed by atoms with E-state index in [1.54, 1.807) is 27.7 Å². The average molecular weight is 933 g/mol. The van der Waals surface area contributed by atoms with Gasteiger partial charge in [-0.15, -0.1) is 0 Å². The van der Waals surface area contributed by atoms with Gasteiger partial charge in [-0.1, -0.05) is 41.5 Å². The summed E-state index contributed by atoms with van der Waals surface area (Å²) in [4.78, 5) is 96.6. The van der Waals surface area contributed by atoms with Crippen LogP contribution in [-0.4, -0.2) is 170 Å². The molecule has 2 aliphatic heterocycles. The van der Waals surface area contributed by atoms with Crippen LogP contribution >= 0.6 is 7.82 Å². The summed E-state index contributed by atoms with van der Waals surface area (Å²) in [5.41, 5.74) is 0. The van der Waals surface area contributed by atoms with Crippen LogP contribution in [0, 0.1) is 0 Å². The molecule has 0 radical (unpaired) electrons. The highest BCUT2D eigenvalue weighted by molar-refractivity contribution is 7.46. The summed E-state index contributed by atoms with van der Waals surface area (Å²) in [5, 5.41) is 57.9. The Balaban J connectivity index is 2.59. The number of carbonyl (C=O) groups excluding carboxylic acids is 6. The number of phosphoric acid groups is 1. The maximum Gasteiger partial charge on any atom is 0.470 e. The van der Waals surface area contributed by atoms with Crippen LogP contribution in [0.2, 0.25) is 0 Å². The summed E-state index contributed by atoms with van der Waals surface area (Å²) >= 11 is 0. The van der Waals surface area contributed by atoms with Crippen molar-refractivity contribution in [3.8, 4) is 0 Å². The van der Waals surface area contributed by atoms with E-state index < -0.39 is 168 Å². The minimum Gasteiger partial charge on any atom is -0.462 e. The van der Waals surface area contributed by atoms with Crippen LogP contribution in [0.4, 0.5) is 0 Å². The van der Waals surface area contributed by atoms with E-state index in [1.807, 2.05) is 0 Å². The van der Waals surface area contributed by atoms with E-state index in [9.17, 15) is 68.7 Å². The van der Waals surface area contributed by atoms with Gasteiger partial charge < -0.3 is 79.1 Å². The monoisotopic (exact) mass is 932 g/mol. The van der Waals surface area contributed by atoms with Gasteiger partial charge in [0.1, 0.15) is 48.7 Å². The molecule has 0 aromatic carbocycles. The first kappa shape index (κ1) is 55.7. The van der Waals surface area contributed by atoms with E-state index in [1.165, 1.54) is 13.8 Å². The molecule has 14 atom stereocenters. The average Bonchev–Trinajstić information content (AvgIpc) is 3.22. The Morgan fingerprint density at radius 3 is 1.67 bits per heavy atom. The third-order valence-corrected chi connectivity index (χ3v) is 10.6. The van der Waals surface area contributed by atoms with Crippen LogP contribution in [0.3, 0.4) is 0 Å². The van der Waals surface area contributed by atoms with Crippen molar-refractivity contribution in [1.29, 1.82) is 0 Å². The molecular weight excluding hydrogens is 867 g/mol. The van der Waals surface area contributed by atoms with E-state index in [0.717, 1.165) is 0 Å². The highest BCUT2D eigenvalue weighted by Crippen LogP contribution is 2.42. The van der Waals surface area contributed by atoms with Crippen molar-refractivity contribution in [3.63, 3.8) is 0 Å². The largest absolute Gasteiger partial charge is 0.470 e. The Morgan fingerprint density at radius 1 is 0.635 bits per heavy atom. The predicted molar refractivity (Wildman–Crippen MR) is 211 cm³/mol. The Hall–Kier alpha value is -3.39. The molecule has 2 fully saturated rings. The minimum atomic E-state index is -5.50. The fourth-order valence-electron chi connectivity index (χ4n) is 6.38. The fourth-order valence-corrected chi connectivity index (χ4v) is 6.95. The molecule has 364 valence electrons. The number of amides is 2. The normalized spacial score (nSPS) is 28.1. The van der Waals surface area contributed by atoms with Crippen molar-refractivity contribution in [2.45, 2.75) is 191 Å². The molecule has 5 unspecified atom stereocenters. The van der Waals surface area contributed by atoms with Crippen LogP contribution in [0.1, 0.15) is 106 Å². The highest BCUT2D eigenvalue weighted by atomic mass is 31.2. The van der Waals surface area contributed by atoms with Crippen molar-refractivity contribution < 1.29 is 106 Å². The van der Waals surface area contributed by atoms with Crippen LogP contribution in [0.5, 0.6) is 0 Å². The highest BCUT2D eigenvalue weighted by Gasteiger charge is 2.54. The molecule has 2 rings (SSSR count). The van der Waals surface area contributed by atoms with Crippen molar-refractivity contribution in [3.05, 3.63) is 0 Å². The molecule has 0 aromatic rings. The lowest BCUT2D eigenvalue weighted by Crippen LogP contribution is -2.68. The predicted octanol–water partition coefficient (Wildman–Crippen LogP) is -1.36. The smallest absolute Gasteiger partial charge is 0.462 e. The molecular formula is C38H65N2O22P. The maximum atomic E-state index is 13.6. The van der Waals surface area contributed by atoms with Gasteiger partial charge in [0.15, 0.2) is 24.8 Å². The molecule has 2 aliphatic rings. The molecule has 2 heterocycles. The van der Waals surface area contributed by atoms with Gasteiger partial charge in [-0.05, 0) is 25.7 Å². The molecule has 2 amide bonds. The molecule has 0 saturated carbocycles. The first-order valence-corrected chi connectivity index (χ1v) is 22.5. The Morgan fingerprint density at radius 2 is 1.14 bits per heavy atom. The summed E-state index contributed by atoms with van der Waals surface area (Å²) in [7, 11) is -5.50. The minimum absolute atomic E-state index is 0.0155. The van der Waals surface area contributed by atoms with Gasteiger partial charge in [0, 0.05) is 12.8 Å². The summed E-state index contributed by atoms with van der Waals surface area (Å²) < 4.78 is 56.2. The molecule has 9 N–H and O–H groups in total. The second kappa shape index (κ2) is 27.2. The first-order valence-electron chi connectivity index (χ1n) is 21.0. The molecule has 0 spiro atoms. The Labute approximate surface area is 364 Å². The zero-order valence-corrected chi connectivity index (χ0v) is 37.2. The van der Waals surface area contributed by atoms with Gasteiger partial charge in [0.2, 0.25) is 11.8 Å². The number of aliphatic hydroxyl groups is 5. The first-order chi connectivity index (χ1) is 29.6. The summed E-state index contributed by atoms with van der Waals surface area (Å²) in [6.07, 6.45) is -20.7. The van der Waals surface area contributed by atoms with Crippen molar-refractivity contribution in [2.75, 3.05) is 13.2 Å². The maximum absolute atomic E-state index is 13.6. The molecule has 0 bridgehead atoms. The quantitative estimate of drug-likeness (QED) is 0.0275. The third-order valence-electron chi connectivity index (χ3n) is 10.1. The number of carbonyl (C=O) groups is 6. The number of esters is 4. The molecule has 0 aliphatic carbocycles. The lowest BCUT2D eigenvalue weighted by Gasteiger charge is -2.46. The molecule has 63 heavy (non-hydrogen) atoms. The molecule has 25 heteroatoms. The van der Waals surface area contributed by atoms with Crippen LogP contribution in [0.15, 0.2) is 0 Å².